The normalized spacial score (nSPS) is 12.7. The van der Waals surface area contributed by atoms with Crippen molar-refractivity contribution in [3.8, 4) is 0 Å². The van der Waals surface area contributed by atoms with Crippen LogP contribution in [-0.4, -0.2) is 23.8 Å². The fourth-order valence-corrected chi connectivity index (χ4v) is 1.98. The number of carbonyl (C=O) groups excluding carboxylic acids is 1. The minimum atomic E-state index is -1.09. The van der Waals surface area contributed by atoms with Crippen molar-refractivity contribution >= 4 is 22.8 Å². The first-order valence-corrected chi connectivity index (χ1v) is 6.70. The molecule has 0 aliphatic rings. The van der Waals surface area contributed by atoms with E-state index < -0.39 is 12.1 Å². The molecule has 0 bridgehead atoms. The molecule has 2 rings (SSSR count). The van der Waals surface area contributed by atoms with Crippen molar-refractivity contribution < 1.29 is 14.6 Å². The largest absolute Gasteiger partial charge is 0.464 e. The molecular weight excluding hydrogens is 252 g/mol. The molecule has 0 fully saturated rings. The smallest absolute Gasteiger partial charge is 0.335 e. The lowest BCUT2D eigenvalue weighted by molar-refractivity contribution is -0.152. The molecule has 0 spiro atoms. The lowest BCUT2D eigenvalue weighted by Crippen LogP contribution is -2.22. The Balaban J connectivity index is 2.01. The van der Waals surface area contributed by atoms with Gasteiger partial charge in [-0.15, -0.1) is 0 Å². The fraction of sp³-hybridized carbons (Fsp3) is 0.235. The zero-order valence-corrected chi connectivity index (χ0v) is 11.5. The second-order valence-electron chi connectivity index (χ2n) is 4.51. The first-order chi connectivity index (χ1) is 9.70. The van der Waals surface area contributed by atoms with Gasteiger partial charge in [0.15, 0.2) is 6.10 Å². The molecule has 0 aliphatic heterocycles. The summed E-state index contributed by atoms with van der Waals surface area (Å²) in [5.41, 5.74) is 1.04. The summed E-state index contributed by atoms with van der Waals surface area (Å²) < 4.78 is 4.74. The van der Waals surface area contributed by atoms with Crippen molar-refractivity contribution in [2.75, 3.05) is 6.61 Å². The van der Waals surface area contributed by atoms with Gasteiger partial charge in [-0.3, -0.25) is 0 Å². The van der Waals surface area contributed by atoms with Gasteiger partial charge < -0.3 is 9.84 Å². The van der Waals surface area contributed by atoms with Crippen molar-refractivity contribution in [1.82, 2.24) is 0 Å². The Kier molecular flexibility index (Phi) is 4.91. The van der Waals surface area contributed by atoms with Crippen molar-refractivity contribution in [2.45, 2.75) is 19.4 Å². The van der Waals surface area contributed by atoms with Crippen LogP contribution in [0.5, 0.6) is 0 Å². The highest BCUT2D eigenvalue weighted by atomic mass is 16.5. The number of aliphatic hydroxyl groups excluding tert-OH is 1. The third kappa shape index (κ3) is 3.68. The topological polar surface area (TPSA) is 46.5 Å². The summed E-state index contributed by atoms with van der Waals surface area (Å²) in [6.07, 6.45) is 2.85. The van der Waals surface area contributed by atoms with E-state index in [1.165, 1.54) is 10.8 Å². The second-order valence-corrected chi connectivity index (χ2v) is 4.51. The van der Waals surface area contributed by atoms with Crippen molar-refractivity contribution in [3.63, 3.8) is 0 Å². The summed E-state index contributed by atoms with van der Waals surface area (Å²) in [7, 11) is 0. The molecule has 3 nitrogen and oxygen atoms in total. The highest BCUT2D eigenvalue weighted by molar-refractivity contribution is 5.84. The molecule has 2 aromatic carbocycles. The lowest BCUT2D eigenvalue weighted by atomic mass is 10.1. The van der Waals surface area contributed by atoms with E-state index in [1.54, 1.807) is 13.0 Å². The first kappa shape index (κ1) is 14.3. The number of fused-ring (bicyclic) bond motifs is 1. The minimum absolute atomic E-state index is 0.256. The second kappa shape index (κ2) is 6.87. The highest BCUT2D eigenvalue weighted by Gasteiger charge is 2.13. The summed E-state index contributed by atoms with van der Waals surface area (Å²) >= 11 is 0. The molecule has 0 aliphatic carbocycles. The van der Waals surface area contributed by atoms with Crippen LogP contribution in [0.15, 0.2) is 48.5 Å². The molecule has 3 heteroatoms. The number of esters is 1. The van der Waals surface area contributed by atoms with Gasteiger partial charge in [0.25, 0.3) is 0 Å². The van der Waals surface area contributed by atoms with Crippen molar-refractivity contribution in [2.24, 2.45) is 0 Å². The Morgan fingerprint density at radius 2 is 2.00 bits per heavy atom. The standard InChI is InChI=1S/C17H18O3/c1-2-20-17(19)16(18)9-5-6-13-10-11-14-7-3-4-8-15(14)12-13/h3-8,10-12,16,18H,2,9H2,1H3/b6-5+. The van der Waals surface area contributed by atoms with Gasteiger partial charge in [-0.25, -0.2) is 4.79 Å². The molecule has 1 N–H and O–H groups in total. The van der Waals surface area contributed by atoms with Gasteiger partial charge in [-0.1, -0.05) is 48.6 Å². The number of hydrogen-bond acceptors (Lipinski definition) is 3. The van der Waals surface area contributed by atoms with Crippen LogP contribution < -0.4 is 0 Å². The monoisotopic (exact) mass is 270 g/mol. The molecule has 2 aromatic rings. The van der Waals surface area contributed by atoms with Gasteiger partial charge in [0.1, 0.15) is 0 Å². The van der Waals surface area contributed by atoms with Crippen LogP contribution in [-0.2, 0) is 9.53 Å². The van der Waals surface area contributed by atoms with Gasteiger partial charge in [0.05, 0.1) is 6.61 Å². The Bertz CT molecular complexity index is 616. The van der Waals surface area contributed by atoms with Crippen LogP contribution in [0.25, 0.3) is 16.8 Å². The highest BCUT2D eigenvalue weighted by Crippen LogP contribution is 2.16. The zero-order valence-electron chi connectivity index (χ0n) is 11.5. The van der Waals surface area contributed by atoms with Gasteiger partial charge in [0.2, 0.25) is 0 Å². The summed E-state index contributed by atoms with van der Waals surface area (Å²) in [6.45, 7) is 2.00. The third-order valence-electron chi connectivity index (χ3n) is 3.00. The first-order valence-electron chi connectivity index (χ1n) is 6.70. The maximum Gasteiger partial charge on any atom is 0.335 e. The molecule has 1 atom stereocenters. The third-order valence-corrected chi connectivity index (χ3v) is 3.00. The number of hydrogen-bond donors (Lipinski definition) is 1. The van der Waals surface area contributed by atoms with E-state index in [-0.39, 0.29) is 13.0 Å². The molecular formula is C17H18O3. The summed E-state index contributed by atoms with van der Waals surface area (Å²) in [4.78, 5) is 11.3. The Hall–Kier alpha value is -2.13. The minimum Gasteiger partial charge on any atom is -0.464 e. The van der Waals surface area contributed by atoms with E-state index in [1.807, 2.05) is 24.3 Å². The number of carbonyl (C=O) groups is 1. The van der Waals surface area contributed by atoms with Crippen LogP contribution in [0, 0.1) is 0 Å². The predicted molar refractivity (Wildman–Crippen MR) is 80.2 cm³/mol. The SMILES string of the molecule is CCOC(=O)C(O)C/C=C/c1ccc2ccccc2c1. The van der Waals surface area contributed by atoms with Crippen LogP contribution in [0.4, 0.5) is 0 Å². The summed E-state index contributed by atoms with van der Waals surface area (Å²) in [6, 6.07) is 14.3. The van der Waals surface area contributed by atoms with Crippen molar-refractivity contribution in [3.05, 3.63) is 54.1 Å². The van der Waals surface area contributed by atoms with E-state index in [0.717, 1.165) is 5.56 Å². The van der Waals surface area contributed by atoms with E-state index in [4.69, 9.17) is 4.74 Å². The zero-order chi connectivity index (χ0) is 14.4. The fourth-order valence-electron chi connectivity index (χ4n) is 1.98. The number of ether oxygens (including phenoxy) is 1. The Morgan fingerprint density at radius 3 is 2.75 bits per heavy atom. The van der Waals surface area contributed by atoms with E-state index in [0.29, 0.717) is 0 Å². The molecule has 104 valence electrons. The molecule has 0 saturated carbocycles. The van der Waals surface area contributed by atoms with Gasteiger partial charge in [-0.2, -0.15) is 0 Å². The predicted octanol–water partition coefficient (Wildman–Crippen LogP) is 3.17. The summed E-state index contributed by atoms with van der Waals surface area (Å²) in [5.74, 6) is -0.573. The van der Waals surface area contributed by atoms with Gasteiger partial charge in [0, 0.05) is 6.42 Å². The van der Waals surface area contributed by atoms with E-state index in [2.05, 4.69) is 24.3 Å². The molecule has 0 amide bonds. The molecule has 1 unspecified atom stereocenters. The average molecular weight is 270 g/mol. The maximum absolute atomic E-state index is 11.3. The van der Waals surface area contributed by atoms with Crippen LogP contribution in [0.2, 0.25) is 0 Å². The van der Waals surface area contributed by atoms with Gasteiger partial charge >= 0.3 is 5.97 Å². The number of aliphatic hydroxyl groups is 1. The molecule has 0 aromatic heterocycles. The van der Waals surface area contributed by atoms with Crippen molar-refractivity contribution in [1.29, 1.82) is 0 Å². The molecule has 0 saturated heterocycles. The van der Waals surface area contributed by atoms with Crippen LogP contribution in [0.1, 0.15) is 18.9 Å². The maximum atomic E-state index is 11.3. The Labute approximate surface area is 118 Å². The molecule has 0 radical (unpaired) electrons. The summed E-state index contributed by atoms with van der Waals surface area (Å²) in [5, 5.41) is 11.9. The van der Waals surface area contributed by atoms with Crippen LogP contribution >= 0.6 is 0 Å². The average Bonchev–Trinajstić information content (AvgIpc) is 2.47. The Morgan fingerprint density at radius 1 is 1.25 bits per heavy atom. The van der Waals surface area contributed by atoms with Crippen LogP contribution in [0.3, 0.4) is 0 Å². The molecule has 20 heavy (non-hydrogen) atoms. The number of rotatable bonds is 5. The van der Waals surface area contributed by atoms with Gasteiger partial charge in [-0.05, 0) is 29.3 Å². The lowest BCUT2D eigenvalue weighted by Gasteiger charge is -2.06. The number of benzene rings is 2. The quantitative estimate of drug-likeness (QED) is 0.849. The molecule has 0 heterocycles. The van der Waals surface area contributed by atoms with E-state index in [9.17, 15) is 9.90 Å². The van der Waals surface area contributed by atoms with E-state index >= 15 is 0 Å².